The van der Waals surface area contributed by atoms with E-state index in [-0.39, 0.29) is 17.7 Å². The Morgan fingerprint density at radius 2 is 1.00 bits per heavy atom. The molecule has 12 heteroatoms. The second-order valence-corrected chi connectivity index (χ2v) is 19.6. The Balaban J connectivity index is 0.000000267. The minimum absolute atomic E-state index is 0.0191. The van der Waals surface area contributed by atoms with Crippen molar-refractivity contribution >= 4 is 29.9 Å². The summed E-state index contributed by atoms with van der Waals surface area (Å²) in [6, 6.07) is 2.14. The van der Waals surface area contributed by atoms with Gasteiger partial charge in [0.25, 0.3) is 0 Å². The van der Waals surface area contributed by atoms with Crippen LogP contribution in [0.25, 0.3) is 0 Å². The minimum Gasteiger partial charge on any atom is -0.480 e. The van der Waals surface area contributed by atoms with Gasteiger partial charge in [-0.3, -0.25) is 4.79 Å². The van der Waals surface area contributed by atoms with E-state index in [0.29, 0.717) is 36.0 Å². The van der Waals surface area contributed by atoms with Crippen molar-refractivity contribution in [2.45, 2.75) is 200 Å². The predicted molar refractivity (Wildman–Crippen MR) is 228 cm³/mol. The van der Waals surface area contributed by atoms with Gasteiger partial charge in [0.1, 0.15) is 29.1 Å². The molecule has 1 aromatic heterocycles. The number of nitrogens with two attached hydrogens (primary N) is 1. The molecule has 0 aliphatic heterocycles. The summed E-state index contributed by atoms with van der Waals surface area (Å²) in [6.07, 6.45) is 23.9. The molecule has 0 unspecified atom stereocenters. The summed E-state index contributed by atoms with van der Waals surface area (Å²) in [7, 11) is 0. The number of nitrogens with one attached hydrogen (secondary N) is 3. The summed E-state index contributed by atoms with van der Waals surface area (Å²) in [6.45, 7) is 11.3. The van der Waals surface area contributed by atoms with Crippen molar-refractivity contribution in [3.63, 3.8) is 0 Å². The van der Waals surface area contributed by atoms with Gasteiger partial charge in [-0.15, -0.1) is 0 Å². The van der Waals surface area contributed by atoms with E-state index in [1.807, 2.05) is 26.8 Å². The van der Waals surface area contributed by atoms with Crippen molar-refractivity contribution in [1.82, 2.24) is 20.9 Å². The molecule has 0 spiro atoms. The van der Waals surface area contributed by atoms with Gasteiger partial charge in [-0.2, -0.15) is 0 Å². The highest BCUT2D eigenvalue weighted by Crippen LogP contribution is 2.43. The van der Waals surface area contributed by atoms with Gasteiger partial charge >= 0.3 is 18.2 Å². The summed E-state index contributed by atoms with van der Waals surface area (Å²) >= 11 is 0. The number of pyridine rings is 1. The first-order valence-corrected chi connectivity index (χ1v) is 22.7. The minimum atomic E-state index is -0.924. The molecular formula is C46H77N5O7. The number of aliphatic carboxylic acids is 1. The molecule has 3 amide bonds. The molecule has 58 heavy (non-hydrogen) atoms. The lowest BCUT2D eigenvalue weighted by molar-refractivity contribution is -0.143. The molecule has 4 saturated carbocycles. The average Bonchev–Trinajstić information content (AvgIpc) is 3.17. The van der Waals surface area contributed by atoms with Crippen LogP contribution in [0.5, 0.6) is 0 Å². The maximum Gasteiger partial charge on any atom is 0.408 e. The first kappa shape index (κ1) is 47.1. The van der Waals surface area contributed by atoms with Crippen LogP contribution < -0.4 is 21.7 Å². The van der Waals surface area contributed by atoms with Gasteiger partial charge in [0.15, 0.2) is 0 Å². The smallest absolute Gasteiger partial charge is 0.408 e. The van der Waals surface area contributed by atoms with Gasteiger partial charge in [-0.25, -0.2) is 19.4 Å². The molecule has 1 aromatic rings. The molecule has 0 aromatic carbocycles. The van der Waals surface area contributed by atoms with Crippen LogP contribution in [0.4, 0.5) is 15.4 Å². The number of amides is 3. The lowest BCUT2D eigenvalue weighted by Crippen LogP contribution is -2.55. The zero-order valence-electron chi connectivity index (χ0n) is 36.6. The Hall–Kier alpha value is -3.57. The lowest BCUT2D eigenvalue weighted by Gasteiger charge is -2.42. The Morgan fingerprint density at radius 1 is 0.638 bits per heavy atom. The quantitative estimate of drug-likeness (QED) is 0.137. The van der Waals surface area contributed by atoms with Crippen LogP contribution >= 0.6 is 0 Å². The number of nitrogen functional groups attached to an aromatic ring is 1. The zero-order valence-corrected chi connectivity index (χ0v) is 36.6. The van der Waals surface area contributed by atoms with E-state index in [1.54, 1.807) is 33.0 Å². The number of rotatable bonds is 12. The van der Waals surface area contributed by atoms with E-state index < -0.39 is 41.4 Å². The van der Waals surface area contributed by atoms with E-state index in [4.69, 9.17) is 15.2 Å². The third-order valence-electron chi connectivity index (χ3n) is 12.8. The highest BCUT2D eigenvalue weighted by atomic mass is 16.6. The SMILES string of the molecule is CC(C)(C)OC(=O)N[C@@H](C(=O)NCc1ccc(N)nc1)C(C1CCCCC1)C1CCCCC1.CC(C)(C)OC(=O)N[C@@H](C(=O)O)C(C1CCCCC1)C1CCCCC1. The summed E-state index contributed by atoms with van der Waals surface area (Å²) in [5, 5.41) is 18.6. The fourth-order valence-corrected chi connectivity index (χ4v) is 10.3. The van der Waals surface area contributed by atoms with Crippen molar-refractivity contribution < 1.29 is 33.8 Å². The molecule has 6 N–H and O–H groups in total. The van der Waals surface area contributed by atoms with Crippen LogP contribution in [-0.4, -0.2) is 57.4 Å². The number of carboxylic acids is 1. The van der Waals surface area contributed by atoms with Gasteiger partial charge in [-0.1, -0.05) is 134 Å². The number of hydrogen-bond donors (Lipinski definition) is 5. The van der Waals surface area contributed by atoms with Crippen LogP contribution in [0.2, 0.25) is 0 Å². The molecule has 1 heterocycles. The highest BCUT2D eigenvalue weighted by Gasteiger charge is 2.43. The number of hydrogen-bond acceptors (Lipinski definition) is 8. The lowest BCUT2D eigenvalue weighted by atomic mass is 9.66. The van der Waals surface area contributed by atoms with Crippen LogP contribution in [0.3, 0.4) is 0 Å². The van der Waals surface area contributed by atoms with Gasteiger partial charge in [0.2, 0.25) is 5.91 Å². The summed E-state index contributed by atoms with van der Waals surface area (Å²) < 4.78 is 10.9. The van der Waals surface area contributed by atoms with Crippen LogP contribution in [-0.2, 0) is 25.6 Å². The van der Waals surface area contributed by atoms with E-state index in [1.165, 1.54) is 77.0 Å². The van der Waals surface area contributed by atoms with Gasteiger partial charge in [0, 0.05) is 12.7 Å². The monoisotopic (exact) mass is 812 g/mol. The van der Waals surface area contributed by atoms with Gasteiger partial charge in [-0.05, 0) is 88.7 Å². The maximum atomic E-state index is 13.6. The van der Waals surface area contributed by atoms with Crippen molar-refractivity contribution in [3.8, 4) is 0 Å². The molecule has 0 saturated heterocycles. The van der Waals surface area contributed by atoms with Crippen LogP contribution in [0, 0.1) is 35.5 Å². The van der Waals surface area contributed by atoms with Gasteiger partial charge < -0.3 is 36.3 Å². The maximum absolute atomic E-state index is 13.6. The number of aromatic nitrogens is 1. The Kier molecular flexibility index (Phi) is 18.4. The third kappa shape index (κ3) is 15.9. The molecule has 328 valence electrons. The molecular weight excluding hydrogens is 735 g/mol. The number of anilines is 1. The number of ether oxygens (including phenoxy) is 2. The third-order valence-corrected chi connectivity index (χ3v) is 12.8. The largest absolute Gasteiger partial charge is 0.480 e. The molecule has 4 aliphatic carbocycles. The number of carbonyl (C=O) groups is 4. The van der Waals surface area contributed by atoms with E-state index in [0.717, 1.165) is 56.9 Å². The Labute approximate surface area is 348 Å². The molecule has 4 fully saturated rings. The molecule has 0 bridgehead atoms. The highest BCUT2D eigenvalue weighted by molar-refractivity contribution is 5.86. The Morgan fingerprint density at radius 3 is 1.33 bits per heavy atom. The van der Waals surface area contributed by atoms with Crippen LogP contribution in [0.15, 0.2) is 18.3 Å². The second kappa shape index (κ2) is 22.7. The standard InChI is InChI=1S/C26H42N4O3.C20H35NO4/c1-26(2,3)33-25(32)30-23(24(31)29-17-18-14-15-21(27)28-16-18)22(19-10-6-4-7-11-19)20-12-8-5-9-13-20;1-20(2,3)25-19(24)21-17(18(22)23)16(14-10-6-4-7-11-14)15-12-8-5-9-13-15/h14-16,19-20,22-23H,4-13,17H2,1-3H3,(H2,27,28)(H,29,31)(H,30,32);14-17H,4-13H2,1-3H3,(H,21,24)(H,22,23)/t23-;17-/m11/s1. The fraction of sp³-hybridized carbons (Fsp3) is 0.804. The van der Waals surface area contributed by atoms with Crippen molar-refractivity contribution in [3.05, 3.63) is 23.9 Å². The summed E-state index contributed by atoms with van der Waals surface area (Å²) in [4.78, 5) is 54.8. The number of alkyl carbamates (subject to hydrolysis) is 2. The zero-order chi connectivity index (χ0) is 42.3. The second-order valence-electron chi connectivity index (χ2n) is 19.6. The topological polar surface area (TPSA) is 182 Å². The molecule has 5 rings (SSSR count). The Bertz CT molecular complexity index is 1380. The van der Waals surface area contributed by atoms with E-state index >= 15 is 0 Å². The van der Waals surface area contributed by atoms with Crippen LogP contribution in [0.1, 0.15) is 176 Å². The van der Waals surface area contributed by atoms with Gasteiger partial charge in [0.05, 0.1) is 0 Å². The van der Waals surface area contributed by atoms with E-state index in [2.05, 4.69) is 20.9 Å². The number of nitrogens with zero attached hydrogens (tertiary/aromatic N) is 1. The normalized spacial score (nSPS) is 20.3. The van der Waals surface area contributed by atoms with Crippen molar-refractivity contribution in [2.75, 3.05) is 5.73 Å². The fourth-order valence-electron chi connectivity index (χ4n) is 10.3. The predicted octanol–water partition coefficient (Wildman–Crippen LogP) is 9.69. The number of carboxylic acid groups (broad SMARTS) is 1. The van der Waals surface area contributed by atoms with Crippen molar-refractivity contribution in [1.29, 1.82) is 0 Å². The molecule has 2 atom stereocenters. The summed E-state index contributed by atoms with van der Waals surface area (Å²) in [5.74, 6) is 1.22. The van der Waals surface area contributed by atoms with Crippen molar-refractivity contribution in [2.24, 2.45) is 35.5 Å². The summed E-state index contributed by atoms with van der Waals surface area (Å²) in [5.41, 5.74) is 5.31. The molecule has 4 aliphatic rings. The first-order valence-electron chi connectivity index (χ1n) is 22.7. The number of carbonyl (C=O) groups excluding carboxylic acids is 3. The molecule has 0 radical (unpaired) electrons. The average molecular weight is 812 g/mol. The van der Waals surface area contributed by atoms with E-state index in [9.17, 15) is 24.3 Å². The molecule has 12 nitrogen and oxygen atoms in total. The first-order chi connectivity index (χ1) is 27.5.